The molecule has 0 saturated carbocycles. The van der Waals surface area contributed by atoms with Gasteiger partial charge in [-0.3, -0.25) is 9.59 Å². The summed E-state index contributed by atoms with van der Waals surface area (Å²) >= 11 is 5.78. The first-order chi connectivity index (χ1) is 13.9. The van der Waals surface area contributed by atoms with Crippen molar-refractivity contribution in [1.29, 1.82) is 0 Å². The predicted octanol–water partition coefficient (Wildman–Crippen LogP) is 3.42. The van der Waals surface area contributed by atoms with E-state index in [9.17, 15) is 18.0 Å². The molecule has 0 bridgehead atoms. The maximum absolute atomic E-state index is 12.5. The molecule has 1 aromatic rings. The number of benzene rings is 1. The molecule has 0 fully saturated rings. The van der Waals surface area contributed by atoms with Gasteiger partial charge in [0.2, 0.25) is 10.0 Å². The molecule has 0 saturated heterocycles. The molecule has 30 heavy (non-hydrogen) atoms. The van der Waals surface area contributed by atoms with E-state index in [0.29, 0.717) is 29.9 Å². The zero-order valence-electron chi connectivity index (χ0n) is 18.4. The number of hydrogen-bond donors (Lipinski definition) is 0. The van der Waals surface area contributed by atoms with Crippen LogP contribution >= 0.6 is 11.6 Å². The Morgan fingerprint density at radius 2 is 1.50 bits per heavy atom. The summed E-state index contributed by atoms with van der Waals surface area (Å²) in [7, 11) is -2.58. The van der Waals surface area contributed by atoms with Crippen molar-refractivity contribution in [3.63, 3.8) is 0 Å². The molecule has 0 aliphatic heterocycles. The van der Waals surface area contributed by atoms with Crippen molar-refractivity contribution in [2.24, 2.45) is 11.8 Å². The molecule has 0 aromatic heterocycles. The summed E-state index contributed by atoms with van der Waals surface area (Å²) in [6, 6.07) is 5.65. The van der Waals surface area contributed by atoms with Gasteiger partial charge < -0.3 is 9.64 Å². The number of nitrogens with zero attached hydrogens (tertiary/aromatic N) is 2. The van der Waals surface area contributed by atoms with Crippen LogP contribution < -0.4 is 0 Å². The van der Waals surface area contributed by atoms with Gasteiger partial charge in [-0.1, -0.05) is 39.3 Å². The number of hydrogen-bond acceptors (Lipinski definition) is 5. The predicted molar refractivity (Wildman–Crippen MR) is 118 cm³/mol. The van der Waals surface area contributed by atoms with Gasteiger partial charge in [0.25, 0.3) is 5.91 Å². The maximum Gasteiger partial charge on any atom is 0.321 e. The Labute approximate surface area is 185 Å². The normalized spacial score (nSPS) is 11.9. The van der Waals surface area contributed by atoms with Crippen molar-refractivity contribution < 1.29 is 22.7 Å². The summed E-state index contributed by atoms with van der Waals surface area (Å²) in [6.45, 7) is 8.66. The fraction of sp³-hybridized carbons (Fsp3) is 0.619. The van der Waals surface area contributed by atoms with Gasteiger partial charge in [0.15, 0.2) is 6.61 Å². The van der Waals surface area contributed by atoms with E-state index in [0.717, 1.165) is 17.1 Å². The zero-order valence-corrected chi connectivity index (χ0v) is 20.0. The molecular weight excluding hydrogens is 428 g/mol. The molecule has 1 rings (SSSR count). The minimum Gasteiger partial charge on any atom is -0.455 e. The third-order valence-electron chi connectivity index (χ3n) is 4.54. The zero-order chi connectivity index (χ0) is 22.9. The van der Waals surface area contributed by atoms with Gasteiger partial charge in [0.1, 0.15) is 6.54 Å². The number of esters is 1. The topological polar surface area (TPSA) is 84.0 Å². The van der Waals surface area contributed by atoms with E-state index in [-0.39, 0.29) is 10.8 Å². The molecule has 0 heterocycles. The van der Waals surface area contributed by atoms with Crippen molar-refractivity contribution >= 4 is 33.5 Å². The van der Waals surface area contributed by atoms with Crippen molar-refractivity contribution in [2.45, 2.75) is 45.4 Å². The van der Waals surface area contributed by atoms with E-state index in [4.69, 9.17) is 16.3 Å². The largest absolute Gasteiger partial charge is 0.455 e. The number of sulfonamides is 1. The summed E-state index contributed by atoms with van der Waals surface area (Å²) in [4.78, 5) is 26.4. The first-order valence-corrected chi connectivity index (χ1v) is 11.9. The Bertz CT molecular complexity index is 782. The molecule has 0 atom stereocenters. The van der Waals surface area contributed by atoms with Gasteiger partial charge in [0.05, 0.1) is 4.90 Å². The minimum atomic E-state index is -3.86. The van der Waals surface area contributed by atoms with Crippen LogP contribution in [0.25, 0.3) is 0 Å². The average molecular weight is 461 g/mol. The van der Waals surface area contributed by atoms with E-state index < -0.39 is 29.1 Å². The number of carbonyl (C=O) groups is 2. The Morgan fingerprint density at radius 3 is 1.97 bits per heavy atom. The highest BCUT2D eigenvalue weighted by Gasteiger charge is 2.24. The Morgan fingerprint density at radius 1 is 1.00 bits per heavy atom. The summed E-state index contributed by atoms with van der Waals surface area (Å²) in [5.74, 6) is -0.147. The monoisotopic (exact) mass is 460 g/mol. The summed E-state index contributed by atoms with van der Waals surface area (Å²) < 4.78 is 31.0. The van der Waals surface area contributed by atoms with Gasteiger partial charge in [-0.05, 0) is 48.9 Å². The lowest BCUT2D eigenvalue weighted by Crippen LogP contribution is -2.38. The number of carbonyl (C=O) groups excluding carboxylic acids is 2. The molecule has 1 aromatic carbocycles. The third kappa shape index (κ3) is 9.02. The van der Waals surface area contributed by atoms with Gasteiger partial charge in [-0.25, -0.2) is 8.42 Å². The molecule has 0 unspecified atom stereocenters. The van der Waals surface area contributed by atoms with Gasteiger partial charge in [0, 0.05) is 25.2 Å². The second kappa shape index (κ2) is 12.3. The first kappa shape index (κ1) is 26.4. The molecule has 0 N–H and O–H groups in total. The van der Waals surface area contributed by atoms with E-state index in [2.05, 4.69) is 27.7 Å². The van der Waals surface area contributed by atoms with Crippen LogP contribution in [0.5, 0.6) is 0 Å². The number of ether oxygens (including phenoxy) is 1. The molecule has 1 amide bonds. The third-order valence-corrected chi connectivity index (χ3v) is 6.61. The van der Waals surface area contributed by atoms with E-state index in [1.807, 2.05) is 0 Å². The lowest BCUT2D eigenvalue weighted by Gasteiger charge is -2.24. The van der Waals surface area contributed by atoms with Crippen LogP contribution in [0.3, 0.4) is 0 Å². The smallest absolute Gasteiger partial charge is 0.321 e. The minimum absolute atomic E-state index is 0.0202. The molecule has 0 aliphatic rings. The van der Waals surface area contributed by atoms with Crippen molar-refractivity contribution in [1.82, 2.24) is 9.21 Å². The quantitative estimate of drug-likeness (QED) is 0.446. The summed E-state index contributed by atoms with van der Waals surface area (Å²) in [5.41, 5.74) is 0. The van der Waals surface area contributed by atoms with Crippen LogP contribution in [0.15, 0.2) is 29.2 Å². The lowest BCUT2D eigenvalue weighted by atomic mass is 10.1. The van der Waals surface area contributed by atoms with E-state index in [1.165, 1.54) is 31.3 Å². The Hall–Kier alpha value is -1.64. The second-order valence-corrected chi connectivity index (χ2v) is 10.6. The fourth-order valence-electron chi connectivity index (χ4n) is 2.52. The van der Waals surface area contributed by atoms with Crippen molar-refractivity contribution in [3.8, 4) is 0 Å². The van der Waals surface area contributed by atoms with Gasteiger partial charge >= 0.3 is 5.97 Å². The molecule has 170 valence electrons. The Kier molecular flexibility index (Phi) is 10.8. The highest BCUT2D eigenvalue weighted by Crippen LogP contribution is 2.17. The molecule has 9 heteroatoms. The van der Waals surface area contributed by atoms with Gasteiger partial charge in [-0.2, -0.15) is 4.31 Å². The Balaban J connectivity index is 2.63. The van der Waals surface area contributed by atoms with Crippen LogP contribution in [0.2, 0.25) is 5.02 Å². The van der Waals surface area contributed by atoms with Crippen LogP contribution in [0.4, 0.5) is 0 Å². The lowest BCUT2D eigenvalue weighted by molar-refractivity contribution is -0.152. The van der Waals surface area contributed by atoms with E-state index >= 15 is 0 Å². The average Bonchev–Trinajstić information content (AvgIpc) is 2.66. The second-order valence-electron chi connectivity index (χ2n) is 8.12. The van der Waals surface area contributed by atoms with E-state index in [1.54, 1.807) is 4.90 Å². The van der Waals surface area contributed by atoms with Crippen molar-refractivity contribution in [3.05, 3.63) is 29.3 Å². The number of halogens is 1. The summed E-state index contributed by atoms with van der Waals surface area (Å²) in [6.07, 6.45) is 1.72. The molecule has 0 radical (unpaired) electrons. The van der Waals surface area contributed by atoms with Crippen LogP contribution in [0, 0.1) is 11.8 Å². The number of rotatable bonds is 12. The first-order valence-electron chi connectivity index (χ1n) is 10.1. The molecule has 0 spiro atoms. The van der Waals surface area contributed by atoms with Gasteiger partial charge in [-0.15, -0.1) is 0 Å². The molecule has 7 nitrogen and oxygen atoms in total. The van der Waals surface area contributed by atoms with Crippen LogP contribution in [-0.2, 0) is 24.3 Å². The highest BCUT2D eigenvalue weighted by atomic mass is 35.5. The SMILES string of the molecule is CC(C)CCN(CCC(C)C)C(=O)COC(=O)CN(C)S(=O)(=O)c1ccc(Cl)cc1. The number of likely N-dealkylation sites (N-methyl/N-ethyl adjacent to an activating group) is 1. The fourth-order valence-corrected chi connectivity index (χ4v) is 3.76. The molecule has 0 aliphatic carbocycles. The number of amides is 1. The van der Waals surface area contributed by atoms with Crippen molar-refractivity contribution in [2.75, 3.05) is 33.3 Å². The summed E-state index contributed by atoms with van der Waals surface area (Å²) in [5, 5.41) is 0.411. The highest BCUT2D eigenvalue weighted by molar-refractivity contribution is 7.89. The maximum atomic E-state index is 12.5. The van der Waals surface area contributed by atoms with Crippen LogP contribution in [-0.4, -0.2) is 62.8 Å². The standard InChI is InChI=1S/C21H33ClN2O5S/c1-16(2)10-12-24(13-11-17(3)4)20(25)15-29-21(26)14-23(5)30(27,28)19-8-6-18(22)7-9-19/h6-9,16-17H,10-15H2,1-5H3. The molecular formula is C21H33ClN2O5S. The van der Waals surface area contributed by atoms with Crippen LogP contribution in [0.1, 0.15) is 40.5 Å².